The molecular weight excluding hydrogens is 148 g/mol. The number of rotatable bonds is 2. The number of hydrogen-bond acceptors (Lipinski definition) is 4. The summed E-state index contributed by atoms with van der Waals surface area (Å²) in [4.78, 5) is 10.9. The van der Waals surface area contributed by atoms with Gasteiger partial charge in [0.15, 0.2) is 10.8 Å². The van der Waals surface area contributed by atoms with E-state index >= 15 is 0 Å². The molecule has 0 radical (unpaired) electrons. The molecule has 1 heterocycles. The Hall–Kier alpha value is -0.770. The van der Waals surface area contributed by atoms with E-state index in [0.29, 0.717) is 11.4 Å². The summed E-state index contributed by atoms with van der Waals surface area (Å²) in [6, 6.07) is 0. The number of aromatic nitrogens is 2. The molecule has 0 atom stereocenters. The first kappa shape index (κ1) is 7.34. The summed E-state index contributed by atoms with van der Waals surface area (Å²) in [5.74, 6) is 0.0746. The maximum atomic E-state index is 10.9. The van der Waals surface area contributed by atoms with E-state index in [1.54, 1.807) is 0 Å². The van der Waals surface area contributed by atoms with Crippen molar-refractivity contribution in [3.8, 4) is 0 Å². The van der Waals surface area contributed by atoms with Gasteiger partial charge in [0.1, 0.15) is 5.01 Å². The third-order valence-electron chi connectivity index (χ3n) is 1.09. The molecule has 0 aliphatic heterocycles. The van der Waals surface area contributed by atoms with Crippen molar-refractivity contribution in [2.24, 2.45) is 0 Å². The van der Waals surface area contributed by atoms with Crippen molar-refractivity contribution in [1.29, 1.82) is 0 Å². The van der Waals surface area contributed by atoms with Crippen molar-refractivity contribution in [3.05, 3.63) is 10.0 Å². The van der Waals surface area contributed by atoms with Crippen LogP contribution in [0.25, 0.3) is 0 Å². The molecule has 0 spiro atoms. The van der Waals surface area contributed by atoms with Crippen LogP contribution in [0, 0.1) is 6.92 Å². The monoisotopic (exact) mass is 156 g/mol. The van der Waals surface area contributed by atoms with Gasteiger partial charge in [-0.2, -0.15) is 0 Å². The van der Waals surface area contributed by atoms with Crippen LogP contribution in [-0.2, 0) is 0 Å². The molecule has 0 saturated heterocycles. The first-order chi connectivity index (χ1) is 4.74. The lowest BCUT2D eigenvalue weighted by Crippen LogP contribution is -1.94. The second kappa shape index (κ2) is 2.88. The first-order valence-electron chi connectivity index (χ1n) is 3.07. The Morgan fingerprint density at radius 3 is 2.70 bits per heavy atom. The number of carbonyl (C=O) groups is 1. The first-order valence-corrected chi connectivity index (χ1v) is 3.89. The van der Waals surface area contributed by atoms with Crippen molar-refractivity contribution >= 4 is 17.1 Å². The minimum Gasteiger partial charge on any atom is -0.291 e. The van der Waals surface area contributed by atoms with Crippen LogP contribution < -0.4 is 0 Å². The summed E-state index contributed by atoms with van der Waals surface area (Å²) in [6.45, 7) is 3.66. The van der Waals surface area contributed by atoms with Gasteiger partial charge in [-0.3, -0.25) is 4.79 Å². The predicted molar refractivity (Wildman–Crippen MR) is 39.3 cm³/mol. The maximum absolute atomic E-state index is 10.9. The molecule has 1 aromatic rings. The number of aryl methyl sites for hydroxylation is 1. The number of nitrogens with zero attached hydrogens (tertiary/aromatic N) is 2. The van der Waals surface area contributed by atoms with E-state index in [-0.39, 0.29) is 5.78 Å². The standard InChI is InChI=1S/C6H8N2OS/c1-3-5(9)6-8-7-4(2)10-6/h3H2,1-2H3. The van der Waals surface area contributed by atoms with Crippen molar-refractivity contribution < 1.29 is 4.79 Å². The van der Waals surface area contributed by atoms with Gasteiger partial charge in [-0.25, -0.2) is 0 Å². The number of hydrogen-bond donors (Lipinski definition) is 0. The van der Waals surface area contributed by atoms with E-state index in [2.05, 4.69) is 10.2 Å². The topological polar surface area (TPSA) is 42.9 Å². The number of Topliss-reactive ketones (excluding diaryl/α,β-unsaturated/α-hetero) is 1. The highest BCUT2D eigenvalue weighted by Crippen LogP contribution is 2.09. The van der Waals surface area contributed by atoms with Gasteiger partial charge in [0.05, 0.1) is 0 Å². The van der Waals surface area contributed by atoms with Gasteiger partial charge < -0.3 is 0 Å². The van der Waals surface area contributed by atoms with Gasteiger partial charge in [0.25, 0.3) is 0 Å². The predicted octanol–water partition coefficient (Wildman–Crippen LogP) is 1.44. The van der Waals surface area contributed by atoms with E-state index in [1.165, 1.54) is 11.3 Å². The van der Waals surface area contributed by atoms with E-state index in [0.717, 1.165) is 5.01 Å². The van der Waals surface area contributed by atoms with Crippen LogP contribution in [0.2, 0.25) is 0 Å². The molecule has 3 nitrogen and oxygen atoms in total. The maximum Gasteiger partial charge on any atom is 0.193 e. The van der Waals surface area contributed by atoms with Gasteiger partial charge in [-0.1, -0.05) is 18.3 Å². The highest BCUT2D eigenvalue weighted by atomic mass is 32.1. The van der Waals surface area contributed by atoms with Crippen molar-refractivity contribution in [1.82, 2.24) is 10.2 Å². The fraction of sp³-hybridized carbons (Fsp3) is 0.500. The lowest BCUT2D eigenvalue weighted by molar-refractivity contribution is 0.0987. The molecule has 0 aliphatic carbocycles. The summed E-state index contributed by atoms with van der Waals surface area (Å²) < 4.78 is 0. The molecule has 0 fully saturated rings. The third kappa shape index (κ3) is 1.39. The van der Waals surface area contributed by atoms with Crippen LogP contribution in [-0.4, -0.2) is 16.0 Å². The molecule has 54 valence electrons. The van der Waals surface area contributed by atoms with Crippen molar-refractivity contribution in [3.63, 3.8) is 0 Å². The lowest BCUT2D eigenvalue weighted by atomic mass is 10.3. The smallest absolute Gasteiger partial charge is 0.193 e. The molecular formula is C6H8N2OS. The molecule has 0 bridgehead atoms. The zero-order chi connectivity index (χ0) is 7.56. The van der Waals surface area contributed by atoms with E-state index < -0.39 is 0 Å². The quantitative estimate of drug-likeness (QED) is 0.608. The van der Waals surface area contributed by atoms with Gasteiger partial charge in [-0.05, 0) is 6.92 Å². The van der Waals surface area contributed by atoms with Crippen LogP contribution in [0.3, 0.4) is 0 Å². The second-order valence-corrected chi connectivity index (χ2v) is 3.08. The van der Waals surface area contributed by atoms with Gasteiger partial charge in [0.2, 0.25) is 0 Å². The van der Waals surface area contributed by atoms with Crippen LogP contribution in [0.1, 0.15) is 28.2 Å². The molecule has 0 aromatic carbocycles. The van der Waals surface area contributed by atoms with E-state index in [9.17, 15) is 4.79 Å². The zero-order valence-corrected chi connectivity index (χ0v) is 6.73. The van der Waals surface area contributed by atoms with Gasteiger partial charge in [-0.15, -0.1) is 10.2 Å². The Bertz CT molecular complexity index is 244. The Balaban J connectivity index is 2.85. The fourth-order valence-electron chi connectivity index (χ4n) is 0.560. The largest absolute Gasteiger partial charge is 0.291 e. The zero-order valence-electron chi connectivity index (χ0n) is 5.92. The van der Waals surface area contributed by atoms with Crippen LogP contribution in [0.4, 0.5) is 0 Å². The molecule has 0 saturated carbocycles. The molecule has 1 aromatic heterocycles. The molecule has 0 unspecified atom stereocenters. The minimum atomic E-state index is 0.0746. The van der Waals surface area contributed by atoms with Gasteiger partial charge in [0, 0.05) is 6.42 Å². The highest BCUT2D eigenvalue weighted by molar-refractivity contribution is 7.13. The Labute approximate surface area is 63.1 Å². The Morgan fingerprint density at radius 2 is 2.30 bits per heavy atom. The molecule has 4 heteroatoms. The number of ketones is 1. The van der Waals surface area contributed by atoms with E-state index in [4.69, 9.17) is 0 Å². The third-order valence-corrected chi connectivity index (χ3v) is 1.97. The summed E-state index contributed by atoms with van der Waals surface area (Å²) >= 11 is 1.35. The van der Waals surface area contributed by atoms with Crippen LogP contribution in [0.15, 0.2) is 0 Å². The van der Waals surface area contributed by atoms with Crippen molar-refractivity contribution in [2.45, 2.75) is 20.3 Å². The average Bonchev–Trinajstić information content (AvgIpc) is 2.34. The van der Waals surface area contributed by atoms with E-state index in [1.807, 2.05) is 13.8 Å². The average molecular weight is 156 g/mol. The molecule has 0 aliphatic rings. The molecule has 0 amide bonds. The van der Waals surface area contributed by atoms with Crippen LogP contribution in [0.5, 0.6) is 0 Å². The second-order valence-electron chi connectivity index (χ2n) is 1.90. The molecule has 10 heavy (non-hydrogen) atoms. The van der Waals surface area contributed by atoms with Gasteiger partial charge >= 0.3 is 0 Å². The Morgan fingerprint density at radius 1 is 1.60 bits per heavy atom. The highest BCUT2D eigenvalue weighted by Gasteiger charge is 2.07. The molecule has 0 N–H and O–H groups in total. The summed E-state index contributed by atoms with van der Waals surface area (Å²) in [5.41, 5.74) is 0. The van der Waals surface area contributed by atoms with Crippen molar-refractivity contribution in [2.75, 3.05) is 0 Å². The molecule has 1 rings (SSSR count). The van der Waals surface area contributed by atoms with Crippen LogP contribution >= 0.6 is 11.3 Å². The Kier molecular flexibility index (Phi) is 2.11. The SMILES string of the molecule is CCC(=O)c1nnc(C)s1. The summed E-state index contributed by atoms with van der Waals surface area (Å²) in [6.07, 6.45) is 0.509. The fourth-order valence-corrected chi connectivity index (χ4v) is 1.26. The minimum absolute atomic E-state index is 0.0746. The normalized spacial score (nSPS) is 9.80. The lowest BCUT2D eigenvalue weighted by Gasteiger charge is -1.83. The summed E-state index contributed by atoms with van der Waals surface area (Å²) in [7, 11) is 0. The number of carbonyl (C=O) groups excluding carboxylic acids is 1. The summed E-state index contributed by atoms with van der Waals surface area (Å²) in [5, 5.41) is 8.81.